The lowest BCUT2D eigenvalue weighted by Crippen LogP contribution is -2.42. The molecule has 0 radical (unpaired) electrons. The van der Waals surface area contributed by atoms with Gasteiger partial charge in [0.25, 0.3) is 17.5 Å². The van der Waals surface area contributed by atoms with Crippen LogP contribution >= 0.6 is 31.9 Å². The molecular formula is C13H10Br2N4O4. The molecule has 1 aromatic heterocycles. The molecule has 2 N–H and O–H groups in total. The second-order valence-electron chi connectivity index (χ2n) is 4.49. The number of carbonyl (C=O) groups excluding carboxylic acids is 2. The monoisotopic (exact) mass is 444 g/mol. The van der Waals surface area contributed by atoms with Crippen LogP contribution in [0.4, 0.5) is 5.69 Å². The van der Waals surface area contributed by atoms with Gasteiger partial charge in [0.2, 0.25) is 0 Å². The van der Waals surface area contributed by atoms with Crippen LogP contribution in [0.25, 0.3) is 0 Å². The van der Waals surface area contributed by atoms with Crippen LogP contribution in [0.5, 0.6) is 0 Å². The number of aromatic nitrogens is 1. The van der Waals surface area contributed by atoms with E-state index < -0.39 is 16.7 Å². The summed E-state index contributed by atoms with van der Waals surface area (Å²) >= 11 is 6.27. The first-order chi connectivity index (χ1) is 10.8. The Morgan fingerprint density at radius 1 is 1.17 bits per heavy atom. The van der Waals surface area contributed by atoms with E-state index >= 15 is 0 Å². The van der Waals surface area contributed by atoms with E-state index in [4.69, 9.17) is 0 Å². The first-order valence-electron chi connectivity index (χ1n) is 6.16. The zero-order chi connectivity index (χ0) is 17.1. The molecule has 1 heterocycles. The van der Waals surface area contributed by atoms with E-state index in [2.05, 4.69) is 42.7 Å². The number of nitro benzene ring substituents is 1. The summed E-state index contributed by atoms with van der Waals surface area (Å²) < 4.78 is 2.56. The largest absolute Gasteiger partial charge is 0.345 e. The van der Waals surface area contributed by atoms with Crippen molar-refractivity contribution in [2.45, 2.75) is 0 Å². The highest BCUT2D eigenvalue weighted by molar-refractivity contribution is 9.10. The fraction of sp³-hybridized carbons (Fsp3) is 0.0769. The van der Waals surface area contributed by atoms with Crippen molar-refractivity contribution in [2.24, 2.45) is 7.05 Å². The number of aryl methyl sites for hydroxylation is 1. The summed E-state index contributed by atoms with van der Waals surface area (Å²) in [4.78, 5) is 34.2. The third-order valence-corrected chi connectivity index (χ3v) is 4.00. The van der Waals surface area contributed by atoms with Gasteiger partial charge in [0.15, 0.2) is 0 Å². The van der Waals surface area contributed by atoms with Crippen LogP contribution in [0, 0.1) is 10.1 Å². The number of hydrazine groups is 1. The molecule has 10 heteroatoms. The second-order valence-corrected chi connectivity index (χ2v) is 6.26. The van der Waals surface area contributed by atoms with Crippen LogP contribution < -0.4 is 10.9 Å². The third-order valence-electron chi connectivity index (χ3n) is 2.90. The number of nitrogens with one attached hydrogen (secondary N) is 2. The van der Waals surface area contributed by atoms with Gasteiger partial charge in [-0.2, -0.15) is 0 Å². The summed E-state index contributed by atoms with van der Waals surface area (Å²) in [5.74, 6) is -1.18. The number of carbonyl (C=O) groups is 2. The lowest BCUT2D eigenvalue weighted by Gasteiger charge is -2.08. The maximum Gasteiger partial charge on any atom is 0.286 e. The molecule has 8 nitrogen and oxygen atoms in total. The Bertz CT molecular complexity index is 803. The zero-order valence-corrected chi connectivity index (χ0v) is 14.8. The molecule has 0 atom stereocenters. The van der Waals surface area contributed by atoms with Gasteiger partial charge < -0.3 is 4.57 Å². The van der Waals surface area contributed by atoms with E-state index in [0.29, 0.717) is 5.69 Å². The van der Waals surface area contributed by atoms with Crippen molar-refractivity contribution in [1.82, 2.24) is 15.4 Å². The molecule has 2 aromatic rings. The average Bonchev–Trinajstić information content (AvgIpc) is 2.83. The van der Waals surface area contributed by atoms with Gasteiger partial charge in [-0.15, -0.1) is 0 Å². The van der Waals surface area contributed by atoms with E-state index in [-0.39, 0.29) is 15.7 Å². The lowest BCUT2D eigenvalue weighted by atomic mass is 10.2. The molecule has 23 heavy (non-hydrogen) atoms. The van der Waals surface area contributed by atoms with Crippen LogP contribution in [0.1, 0.15) is 20.8 Å². The Balaban J connectivity index is 2.08. The zero-order valence-electron chi connectivity index (χ0n) is 11.7. The predicted molar refractivity (Wildman–Crippen MR) is 88.8 cm³/mol. The van der Waals surface area contributed by atoms with Crippen molar-refractivity contribution < 1.29 is 14.5 Å². The maximum atomic E-state index is 12.0. The quantitative estimate of drug-likeness (QED) is 0.559. The summed E-state index contributed by atoms with van der Waals surface area (Å²) in [6, 6.07) is 5.50. The average molecular weight is 446 g/mol. The Morgan fingerprint density at radius 2 is 1.83 bits per heavy atom. The Kier molecular flexibility index (Phi) is 5.16. The molecule has 0 saturated carbocycles. The molecule has 0 aliphatic carbocycles. The number of halogens is 2. The van der Waals surface area contributed by atoms with Gasteiger partial charge >= 0.3 is 0 Å². The van der Waals surface area contributed by atoms with Gasteiger partial charge in [0.05, 0.1) is 9.40 Å². The highest BCUT2D eigenvalue weighted by atomic mass is 79.9. The van der Waals surface area contributed by atoms with Gasteiger partial charge in [0.1, 0.15) is 5.69 Å². The number of nitro groups is 1. The molecule has 2 rings (SSSR count). The minimum absolute atomic E-state index is 0.0493. The van der Waals surface area contributed by atoms with Gasteiger partial charge in [-0.25, -0.2) is 0 Å². The van der Waals surface area contributed by atoms with Crippen molar-refractivity contribution in [3.05, 3.63) is 60.8 Å². The highest BCUT2D eigenvalue weighted by Gasteiger charge is 2.17. The first-order valence-corrected chi connectivity index (χ1v) is 7.74. The SMILES string of the molecule is Cn1cc(Br)cc1C(=O)NNC(=O)c1ccc(Br)c([N+](=O)[O-])c1. The summed E-state index contributed by atoms with van der Waals surface area (Å²) in [6.45, 7) is 0. The van der Waals surface area contributed by atoms with Gasteiger partial charge in [-0.05, 0) is 50.1 Å². The van der Waals surface area contributed by atoms with Crippen LogP contribution in [0.2, 0.25) is 0 Å². The fourth-order valence-electron chi connectivity index (χ4n) is 1.79. The standard InChI is InChI=1S/C13H10Br2N4O4/c1-18-6-8(14)5-11(18)13(21)17-16-12(20)7-2-3-9(15)10(4-7)19(22)23/h2-6H,1H3,(H,16,20)(H,17,21). The van der Waals surface area contributed by atoms with Crippen molar-refractivity contribution in [2.75, 3.05) is 0 Å². The highest BCUT2D eigenvalue weighted by Crippen LogP contribution is 2.25. The Morgan fingerprint density at radius 3 is 2.39 bits per heavy atom. The fourth-order valence-corrected chi connectivity index (χ4v) is 2.71. The predicted octanol–water partition coefficient (Wildman–Crippen LogP) is 2.53. The van der Waals surface area contributed by atoms with Crippen LogP contribution in [-0.2, 0) is 7.05 Å². The number of hydrogen-bond acceptors (Lipinski definition) is 4. The van der Waals surface area contributed by atoms with Crippen molar-refractivity contribution in [3.8, 4) is 0 Å². The molecule has 0 aliphatic rings. The molecule has 0 fully saturated rings. The molecular weight excluding hydrogens is 436 g/mol. The molecule has 2 amide bonds. The maximum absolute atomic E-state index is 12.0. The normalized spacial score (nSPS) is 10.2. The van der Waals surface area contributed by atoms with Crippen LogP contribution in [0.15, 0.2) is 39.4 Å². The van der Waals surface area contributed by atoms with Gasteiger partial charge in [-0.1, -0.05) is 0 Å². The van der Waals surface area contributed by atoms with E-state index in [1.54, 1.807) is 23.9 Å². The number of amides is 2. The molecule has 120 valence electrons. The second kappa shape index (κ2) is 6.92. The number of rotatable bonds is 3. The van der Waals surface area contributed by atoms with E-state index in [1.807, 2.05) is 0 Å². The minimum Gasteiger partial charge on any atom is -0.345 e. The lowest BCUT2D eigenvalue weighted by molar-refractivity contribution is -0.385. The van der Waals surface area contributed by atoms with Crippen molar-refractivity contribution in [3.63, 3.8) is 0 Å². The van der Waals surface area contributed by atoms with Crippen molar-refractivity contribution in [1.29, 1.82) is 0 Å². The molecule has 0 spiro atoms. The molecule has 0 aliphatic heterocycles. The molecule has 0 unspecified atom stereocenters. The van der Waals surface area contributed by atoms with Gasteiger partial charge in [-0.3, -0.25) is 30.6 Å². The van der Waals surface area contributed by atoms with E-state index in [1.165, 1.54) is 12.1 Å². The molecule has 0 bridgehead atoms. The van der Waals surface area contributed by atoms with Gasteiger partial charge in [0, 0.05) is 29.3 Å². The topological polar surface area (TPSA) is 106 Å². The van der Waals surface area contributed by atoms with Crippen LogP contribution in [-0.4, -0.2) is 21.3 Å². The van der Waals surface area contributed by atoms with E-state index in [0.717, 1.165) is 10.5 Å². The van der Waals surface area contributed by atoms with Crippen molar-refractivity contribution >= 4 is 49.4 Å². The summed E-state index contributed by atoms with van der Waals surface area (Å²) in [6.07, 6.45) is 1.69. The minimum atomic E-state index is -0.665. The Hall–Kier alpha value is -2.20. The third kappa shape index (κ3) is 3.96. The van der Waals surface area contributed by atoms with E-state index in [9.17, 15) is 19.7 Å². The number of nitrogens with zero attached hydrogens (tertiary/aromatic N) is 2. The molecule has 0 saturated heterocycles. The first kappa shape index (κ1) is 17.2. The van der Waals surface area contributed by atoms with Crippen LogP contribution in [0.3, 0.4) is 0 Å². The summed E-state index contributed by atoms with van der Waals surface area (Å²) in [7, 11) is 1.68. The molecule has 1 aromatic carbocycles. The summed E-state index contributed by atoms with van der Waals surface area (Å²) in [5, 5.41) is 10.9. The number of hydrogen-bond donors (Lipinski definition) is 2. The summed E-state index contributed by atoms with van der Waals surface area (Å²) in [5.41, 5.74) is 4.61. The smallest absolute Gasteiger partial charge is 0.286 e. The number of benzene rings is 1. The Labute approximate surface area is 147 Å².